The molecule has 1 amide bonds. The SMILES string of the molecule is COC(=O)c1sc2cc(Br)cnc2c1NC(=O)OC(C)(C)C. The van der Waals surface area contributed by atoms with Gasteiger partial charge in [-0.3, -0.25) is 10.3 Å². The summed E-state index contributed by atoms with van der Waals surface area (Å²) in [4.78, 5) is 28.4. The van der Waals surface area contributed by atoms with E-state index in [0.29, 0.717) is 11.2 Å². The normalized spacial score (nSPS) is 11.3. The summed E-state index contributed by atoms with van der Waals surface area (Å²) < 4.78 is 11.5. The Morgan fingerprint density at radius 3 is 2.64 bits per heavy atom. The van der Waals surface area contributed by atoms with Crippen molar-refractivity contribution in [3.63, 3.8) is 0 Å². The smallest absolute Gasteiger partial charge is 0.412 e. The van der Waals surface area contributed by atoms with Gasteiger partial charge in [-0.2, -0.15) is 0 Å². The first-order valence-electron chi connectivity index (χ1n) is 6.37. The van der Waals surface area contributed by atoms with Crippen LogP contribution in [0.3, 0.4) is 0 Å². The summed E-state index contributed by atoms with van der Waals surface area (Å²) in [7, 11) is 1.29. The van der Waals surface area contributed by atoms with Crippen LogP contribution in [0.25, 0.3) is 10.2 Å². The Morgan fingerprint density at radius 1 is 1.36 bits per heavy atom. The van der Waals surface area contributed by atoms with Gasteiger partial charge >= 0.3 is 12.1 Å². The topological polar surface area (TPSA) is 77.5 Å². The number of halogens is 1. The number of methoxy groups -OCH3 is 1. The Labute approximate surface area is 139 Å². The van der Waals surface area contributed by atoms with E-state index in [1.165, 1.54) is 18.4 Å². The molecule has 2 rings (SSSR count). The van der Waals surface area contributed by atoms with Gasteiger partial charge in [0.05, 0.1) is 17.5 Å². The number of rotatable bonds is 2. The molecule has 2 aromatic heterocycles. The number of hydrogen-bond acceptors (Lipinski definition) is 6. The maximum absolute atomic E-state index is 12.0. The van der Waals surface area contributed by atoms with E-state index in [2.05, 4.69) is 26.2 Å². The number of fused-ring (bicyclic) bond motifs is 1. The molecule has 0 saturated carbocycles. The molecule has 0 fully saturated rings. The summed E-state index contributed by atoms with van der Waals surface area (Å²) in [5, 5.41) is 2.60. The molecule has 118 valence electrons. The van der Waals surface area contributed by atoms with E-state index in [-0.39, 0.29) is 4.88 Å². The molecule has 0 radical (unpaired) electrons. The second kappa shape index (κ2) is 6.21. The number of pyridine rings is 1. The van der Waals surface area contributed by atoms with Crippen molar-refractivity contribution < 1.29 is 19.1 Å². The van der Waals surface area contributed by atoms with Crippen molar-refractivity contribution in [1.29, 1.82) is 0 Å². The minimum absolute atomic E-state index is 0.272. The maximum Gasteiger partial charge on any atom is 0.412 e. The van der Waals surface area contributed by atoms with Crippen LogP contribution in [0.15, 0.2) is 16.7 Å². The zero-order valence-corrected chi connectivity index (χ0v) is 14.9. The fraction of sp³-hybridized carbons (Fsp3) is 0.357. The van der Waals surface area contributed by atoms with Crippen LogP contribution in [0.2, 0.25) is 0 Å². The third-order valence-electron chi connectivity index (χ3n) is 2.49. The molecule has 0 aliphatic rings. The van der Waals surface area contributed by atoms with Gasteiger partial charge in [0.2, 0.25) is 0 Å². The summed E-state index contributed by atoms with van der Waals surface area (Å²) in [6.45, 7) is 5.28. The van der Waals surface area contributed by atoms with Crippen LogP contribution >= 0.6 is 27.3 Å². The van der Waals surface area contributed by atoms with Crippen LogP contribution in [0.5, 0.6) is 0 Å². The highest BCUT2D eigenvalue weighted by atomic mass is 79.9. The van der Waals surface area contributed by atoms with E-state index >= 15 is 0 Å². The molecule has 0 bridgehead atoms. The maximum atomic E-state index is 12.0. The molecule has 0 atom stereocenters. The highest BCUT2D eigenvalue weighted by Gasteiger charge is 2.24. The molecule has 0 saturated heterocycles. The molecular weight excluding hydrogens is 372 g/mol. The summed E-state index contributed by atoms with van der Waals surface area (Å²) in [6.07, 6.45) is 0.943. The predicted octanol–water partition coefficient (Wildman–Crippen LogP) is 4.19. The van der Waals surface area contributed by atoms with Gasteiger partial charge in [-0.25, -0.2) is 9.59 Å². The number of nitrogens with zero attached hydrogens (tertiary/aromatic N) is 1. The van der Waals surface area contributed by atoms with E-state index in [9.17, 15) is 9.59 Å². The van der Waals surface area contributed by atoms with Gasteiger partial charge < -0.3 is 9.47 Å². The lowest BCUT2D eigenvalue weighted by Gasteiger charge is -2.19. The molecule has 6 nitrogen and oxygen atoms in total. The van der Waals surface area contributed by atoms with Crippen LogP contribution in [0.1, 0.15) is 30.4 Å². The minimum atomic E-state index is -0.651. The van der Waals surface area contributed by atoms with Crippen molar-refractivity contribution in [3.05, 3.63) is 21.6 Å². The number of carbonyl (C=O) groups excluding carboxylic acids is 2. The molecule has 2 aromatic rings. The predicted molar refractivity (Wildman–Crippen MR) is 88.5 cm³/mol. The molecule has 0 aliphatic heterocycles. The Kier molecular flexibility index (Phi) is 4.72. The fourth-order valence-corrected chi connectivity index (χ4v) is 3.27. The van der Waals surface area contributed by atoms with Gasteiger partial charge in [-0.1, -0.05) is 0 Å². The van der Waals surface area contributed by atoms with Crippen LogP contribution in [-0.4, -0.2) is 29.8 Å². The third-order valence-corrected chi connectivity index (χ3v) is 4.03. The number of anilines is 1. The van der Waals surface area contributed by atoms with Crippen LogP contribution in [0, 0.1) is 0 Å². The standard InChI is InChI=1S/C14H15BrN2O4S/c1-14(2,3)21-13(19)17-10-9-8(5-7(15)6-16-9)22-11(10)12(18)20-4/h5-6H,1-4H3,(H,17,19). The Morgan fingerprint density at radius 2 is 2.05 bits per heavy atom. The van der Waals surface area contributed by atoms with Crippen molar-refractivity contribution in [2.45, 2.75) is 26.4 Å². The number of esters is 1. The van der Waals surface area contributed by atoms with Crippen molar-refractivity contribution >= 4 is 55.2 Å². The van der Waals surface area contributed by atoms with E-state index in [1.54, 1.807) is 27.0 Å². The largest absolute Gasteiger partial charge is 0.465 e. The van der Waals surface area contributed by atoms with E-state index in [4.69, 9.17) is 9.47 Å². The molecule has 8 heteroatoms. The highest BCUT2D eigenvalue weighted by molar-refractivity contribution is 9.10. The summed E-state index contributed by atoms with van der Waals surface area (Å²) in [6, 6.07) is 1.82. The number of aromatic nitrogens is 1. The number of ether oxygens (including phenoxy) is 2. The fourth-order valence-electron chi connectivity index (χ4n) is 1.71. The molecule has 2 heterocycles. The Bertz CT molecular complexity index is 736. The van der Waals surface area contributed by atoms with Crippen molar-refractivity contribution in [3.8, 4) is 0 Å². The number of amides is 1. The van der Waals surface area contributed by atoms with Crippen molar-refractivity contribution in [2.24, 2.45) is 0 Å². The van der Waals surface area contributed by atoms with Crippen LogP contribution in [-0.2, 0) is 9.47 Å². The van der Waals surface area contributed by atoms with E-state index < -0.39 is 17.7 Å². The highest BCUT2D eigenvalue weighted by Crippen LogP contribution is 2.36. The number of carbonyl (C=O) groups is 2. The molecular formula is C14H15BrN2O4S. The second-order valence-electron chi connectivity index (χ2n) is 5.42. The van der Waals surface area contributed by atoms with Crippen LogP contribution < -0.4 is 5.32 Å². The van der Waals surface area contributed by atoms with Gasteiger partial charge in [0.1, 0.15) is 16.0 Å². The number of nitrogens with one attached hydrogen (secondary N) is 1. The summed E-state index contributed by atoms with van der Waals surface area (Å²) in [5.41, 5.74) is 0.172. The average Bonchev–Trinajstić information content (AvgIpc) is 2.73. The van der Waals surface area contributed by atoms with Gasteiger partial charge in [-0.15, -0.1) is 11.3 Å². The second-order valence-corrected chi connectivity index (χ2v) is 7.39. The minimum Gasteiger partial charge on any atom is -0.465 e. The van der Waals surface area contributed by atoms with Crippen molar-refractivity contribution in [2.75, 3.05) is 12.4 Å². The zero-order valence-electron chi connectivity index (χ0n) is 12.5. The zero-order chi connectivity index (χ0) is 16.5. The van der Waals surface area contributed by atoms with Gasteiger partial charge in [0.15, 0.2) is 0 Å². The lowest BCUT2D eigenvalue weighted by atomic mass is 10.2. The van der Waals surface area contributed by atoms with Gasteiger partial charge in [-0.05, 0) is 42.8 Å². The lowest BCUT2D eigenvalue weighted by molar-refractivity contribution is 0.0607. The molecule has 0 unspecified atom stereocenters. The molecule has 0 aromatic carbocycles. The van der Waals surface area contributed by atoms with E-state index in [0.717, 1.165) is 9.17 Å². The van der Waals surface area contributed by atoms with Gasteiger partial charge in [0, 0.05) is 10.7 Å². The average molecular weight is 387 g/mol. The van der Waals surface area contributed by atoms with E-state index in [1.807, 2.05) is 6.07 Å². The van der Waals surface area contributed by atoms with Crippen LogP contribution in [0.4, 0.5) is 10.5 Å². The lowest BCUT2D eigenvalue weighted by Crippen LogP contribution is -2.27. The summed E-state index contributed by atoms with van der Waals surface area (Å²) >= 11 is 4.52. The Hall–Kier alpha value is -1.67. The first-order chi connectivity index (χ1) is 10.2. The Balaban J connectivity index is 2.45. The molecule has 22 heavy (non-hydrogen) atoms. The first-order valence-corrected chi connectivity index (χ1v) is 7.98. The van der Waals surface area contributed by atoms with Crippen molar-refractivity contribution in [1.82, 2.24) is 4.98 Å². The summed E-state index contributed by atoms with van der Waals surface area (Å²) in [5.74, 6) is -0.537. The monoisotopic (exact) mass is 386 g/mol. The van der Waals surface area contributed by atoms with Gasteiger partial charge in [0.25, 0.3) is 0 Å². The number of thiophene rings is 1. The third kappa shape index (κ3) is 3.75. The molecule has 1 N–H and O–H groups in total. The molecule has 0 spiro atoms. The first kappa shape index (κ1) is 16.7. The quantitative estimate of drug-likeness (QED) is 0.782. The molecule has 0 aliphatic carbocycles. The number of hydrogen-bond donors (Lipinski definition) is 1.